The number of hydrogen-bond donors (Lipinski definition) is 2. The van der Waals surface area contributed by atoms with Crippen LogP contribution in [0.15, 0.2) is 35.7 Å². The van der Waals surface area contributed by atoms with Gasteiger partial charge in [0.2, 0.25) is 5.91 Å². The molecule has 2 aromatic rings. The van der Waals surface area contributed by atoms with E-state index in [-0.39, 0.29) is 44.1 Å². The second-order valence-corrected chi connectivity index (χ2v) is 7.49. The van der Waals surface area contributed by atoms with Crippen LogP contribution in [-0.4, -0.2) is 59.9 Å². The first-order valence-corrected chi connectivity index (χ1v) is 9.85. The molecule has 0 saturated carbocycles. The van der Waals surface area contributed by atoms with Crippen molar-refractivity contribution >= 4 is 29.1 Å². The van der Waals surface area contributed by atoms with Gasteiger partial charge in [0.1, 0.15) is 11.6 Å². The molecule has 1 atom stereocenters. The average molecular weight is 422 g/mol. The lowest BCUT2D eigenvalue weighted by Crippen LogP contribution is -2.54. The molecule has 0 radical (unpaired) electrons. The maximum absolute atomic E-state index is 13.5. The van der Waals surface area contributed by atoms with E-state index in [9.17, 15) is 23.2 Å². The molecule has 3 N–H and O–H groups in total. The molecular weight excluding hydrogens is 402 g/mol. The van der Waals surface area contributed by atoms with Crippen LogP contribution < -0.4 is 11.1 Å². The van der Waals surface area contributed by atoms with Gasteiger partial charge in [0.15, 0.2) is 6.17 Å². The quantitative estimate of drug-likeness (QED) is 0.725. The predicted molar refractivity (Wildman–Crippen MR) is 103 cm³/mol. The molecule has 10 heteroatoms. The fraction of sp³-hybridized carbons (Fsp3) is 0.316. The van der Waals surface area contributed by atoms with Crippen LogP contribution in [-0.2, 0) is 16.0 Å². The number of hydrogen-bond acceptors (Lipinski definition) is 5. The van der Waals surface area contributed by atoms with Gasteiger partial charge in [-0.1, -0.05) is 6.07 Å². The molecule has 0 bridgehead atoms. The average Bonchev–Trinajstić information content (AvgIpc) is 3.34. The van der Waals surface area contributed by atoms with Crippen LogP contribution in [0.4, 0.5) is 8.78 Å². The molecule has 154 valence electrons. The van der Waals surface area contributed by atoms with Gasteiger partial charge in [-0.2, -0.15) is 0 Å². The van der Waals surface area contributed by atoms with Crippen LogP contribution in [0.5, 0.6) is 0 Å². The van der Waals surface area contributed by atoms with Crippen molar-refractivity contribution in [1.82, 2.24) is 15.1 Å². The monoisotopic (exact) mass is 422 g/mol. The number of halogens is 2. The Morgan fingerprint density at radius 1 is 1.14 bits per heavy atom. The summed E-state index contributed by atoms with van der Waals surface area (Å²) in [7, 11) is 0. The third-order valence-electron chi connectivity index (χ3n) is 4.45. The zero-order valence-electron chi connectivity index (χ0n) is 15.4. The lowest BCUT2D eigenvalue weighted by Gasteiger charge is -2.29. The summed E-state index contributed by atoms with van der Waals surface area (Å²) in [5.74, 6) is -3.42. The highest BCUT2D eigenvalue weighted by atomic mass is 32.1. The molecule has 3 rings (SSSR count). The largest absolute Gasteiger partial charge is 0.351 e. The molecule has 0 aliphatic carbocycles. The summed E-state index contributed by atoms with van der Waals surface area (Å²) < 4.78 is 27.1. The van der Waals surface area contributed by atoms with E-state index in [1.165, 1.54) is 16.2 Å². The Hall–Kier alpha value is -2.85. The molecule has 2 heterocycles. The third-order valence-corrected chi connectivity index (χ3v) is 5.32. The van der Waals surface area contributed by atoms with Crippen molar-refractivity contribution in [1.29, 1.82) is 0 Å². The summed E-state index contributed by atoms with van der Waals surface area (Å²) in [5.41, 5.74) is 5.19. The first-order valence-electron chi connectivity index (χ1n) is 8.97. The smallest absolute Gasteiger partial charge is 0.263 e. The van der Waals surface area contributed by atoms with Gasteiger partial charge in [-0.3, -0.25) is 14.4 Å². The van der Waals surface area contributed by atoms with Crippen molar-refractivity contribution in [3.05, 3.63) is 57.8 Å². The Morgan fingerprint density at radius 3 is 2.45 bits per heavy atom. The summed E-state index contributed by atoms with van der Waals surface area (Å²) in [6.07, 6.45) is -1.12. The number of benzene rings is 1. The van der Waals surface area contributed by atoms with Crippen molar-refractivity contribution in [2.75, 3.05) is 26.2 Å². The molecule has 1 aromatic carbocycles. The van der Waals surface area contributed by atoms with Crippen LogP contribution in [0.2, 0.25) is 0 Å². The maximum atomic E-state index is 13.5. The number of nitrogens with zero attached hydrogens (tertiary/aromatic N) is 2. The van der Waals surface area contributed by atoms with Gasteiger partial charge in [-0.15, -0.1) is 11.3 Å². The van der Waals surface area contributed by atoms with E-state index < -0.39 is 29.6 Å². The van der Waals surface area contributed by atoms with E-state index in [2.05, 4.69) is 5.32 Å². The first kappa shape index (κ1) is 20.9. The molecule has 3 amide bonds. The first-order chi connectivity index (χ1) is 13.9. The molecule has 1 aromatic heterocycles. The molecular formula is C19H20F2N4O3S. The van der Waals surface area contributed by atoms with E-state index in [0.717, 1.165) is 21.9 Å². The lowest BCUT2D eigenvalue weighted by molar-refractivity contribution is -0.140. The van der Waals surface area contributed by atoms with Crippen molar-refractivity contribution in [2.24, 2.45) is 5.73 Å². The van der Waals surface area contributed by atoms with Gasteiger partial charge in [0.05, 0.1) is 6.42 Å². The number of carbonyl (C=O) groups excluding carboxylic acids is 3. The Kier molecular flexibility index (Phi) is 6.55. The molecule has 29 heavy (non-hydrogen) atoms. The highest BCUT2D eigenvalue weighted by Gasteiger charge is 2.42. The number of thiophene rings is 1. The number of amides is 3. The van der Waals surface area contributed by atoms with E-state index in [0.29, 0.717) is 6.07 Å². The lowest BCUT2D eigenvalue weighted by atomic mass is 10.1. The van der Waals surface area contributed by atoms with Gasteiger partial charge >= 0.3 is 0 Å². The summed E-state index contributed by atoms with van der Waals surface area (Å²) in [5, 5.41) is 4.42. The Labute approximate surface area is 170 Å². The van der Waals surface area contributed by atoms with Crippen molar-refractivity contribution in [3.8, 4) is 0 Å². The van der Waals surface area contributed by atoms with E-state index in [1.54, 1.807) is 6.07 Å². The third kappa shape index (κ3) is 4.77. The summed E-state index contributed by atoms with van der Waals surface area (Å²) in [6.45, 7) is 0.548. The second-order valence-electron chi connectivity index (χ2n) is 6.45. The normalized spacial score (nSPS) is 16.2. The maximum Gasteiger partial charge on any atom is 0.263 e. The molecule has 1 aliphatic heterocycles. The standard InChI is InChI=1S/C19H20F2N4O3S/c20-13-8-12(9-14(21)10-13)19(28)25-6-5-24(18(25)17(27)23-4-3-22)16(26)11-15-2-1-7-29-15/h1-2,7-10,18H,3-6,11,22H2,(H,23,27). The number of rotatable bonds is 6. The molecule has 1 aliphatic rings. The number of nitrogens with one attached hydrogen (secondary N) is 1. The zero-order chi connectivity index (χ0) is 21.0. The van der Waals surface area contributed by atoms with Crippen LogP contribution in [0.1, 0.15) is 15.2 Å². The zero-order valence-corrected chi connectivity index (χ0v) is 16.3. The number of nitrogens with two attached hydrogens (primary N) is 1. The van der Waals surface area contributed by atoms with Crippen molar-refractivity contribution < 1.29 is 23.2 Å². The van der Waals surface area contributed by atoms with Crippen molar-refractivity contribution in [3.63, 3.8) is 0 Å². The fourth-order valence-corrected chi connectivity index (χ4v) is 3.87. The summed E-state index contributed by atoms with van der Waals surface area (Å²) in [6, 6.07) is 6.08. The summed E-state index contributed by atoms with van der Waals surface area (Å²) >= 11 is 1.41. The molecule has 1 fully saturated rings. The van der Waals surface area contributed by atoms with Gasteiger partial charge in [-0.05, 0) is 23.6 Å². The van der Waals surface area contributed by atoms with Crippen molar-refractivity contribution in [2.45, 2.75) is 12.6 Å². The Bertz CT molecular complexity index is 887. The van der Waals surface area contributed by atoms with E-state index in [4.69, 9.17) is 5.73 Å². The summed E-state index contributed by atoms with van der Waals surface area (Å²) in [4.78, 5) is 41.6. The van der Waals surface area contributed by atoms with Gasteiger partial charge < -0.3 is 20.9 Å². The van der Waals surface area contributed by atoms with Gasteiger partial charge in [0.25, 0.3) is 11.8 Å². The Balaban J connectivity index is 1.86. The van der Waals surface area contributed by atoms with Crippen LogP contribution in [0, 0.1) is 11.6 Å². The van der Waals surface area contributed by atoms with Crippen LogP contribution >= 0.6 is 11.3 Å². The van der Waals surface area contributed by atoms with Crippen LogP contribution in [0.25, 0.3) is 0 Å². The highest BCUT2D eigenvalue weighted by Crippen LogP contribution is 2.22. The molecule has 7 nitrogen and oxygen atoms in total. The van der Waals surface area contributed by atoms with E-state index >= 15 is 0 Å². The minimum atomic E-state index is -1.21. The molecule has 1 unspecified atom stereocenters. The SMILES string of the molecule is NCCNC(=O)C1N(C(=O)Cc2cccs2)CCN1C(=O)c1cc(F)cc(F)c1. The highest BCUT2D eigenvalue weighted by molar-refractivity contribution is 7.10. The minimum absolute atomic E-state index is 0.0634. The van der Waals surface area contributed by atoms with Gasteiger partial charge in [-0.25, -0.2) is 8.78 Å². The minimum Gasteiger partial charge on any atom is -0.351 e. The van der Waals surface area contributed by atoms with Crippen LogP contribution in [0.3, 0.4) is 0 Å². The molecule has 1 saturated heterocycles. The molecule has 0 spiro atoms. The Morgan fingerprint density at radius 2 is 1.83 bits per heavy atom. The fourth-order valence-electron chi connectivity index (χ4n) is 3.18. The second kappa shape index (κ2) is 9.10. The predicted octanol–water partition coefficient (Wildman–Crippen LogP) is 0.954. The topological polar surface area (TPSA) is 95.7 Å². The van der Waals surface area contributed by atoms with E-state index in [1.807, 2.05) is 11.4 Å². The van der Waals surface area contributed by atoms with Gasteiger partial charge in [0, 0.05) is 42.7 Å². The number of carbonyl (C=O) groups is 3.